The zero-order valence-electron chi connectivity index (χ0n) is 13.0. The number of halogens is 3. The molecule has 0 fully saturated rings. The van der Waals surface area contributed by atoms with Gasteiger partial charge in [0.15, 0.2) is 6.61 Å². The molecule has 5 nitrogen and oxygen atoms in total. The molecule has 2 rings (SSSR count). The second-order valence-electron chi connectivity index (χ2n) is 4.92. The van der Waals surface area contributed by atoms with Crippen LogP contribution in [-0.2, 0) is 0 Å². The summed E-state index contributed by atoms with van der Waals surface area (Å²) >= 11 is 0. The van der Waals surface area contributed by atoms with Gasteiger partial charge in [-0.1, -0.05) is 6.07 Å². The van der Waals surface area contributed by atoms with Gasteiger partial charge >= 0.3 is 6.18 Å². The van der Waals surface area contributed by atoms with Crippen LogP contribution < -0.4 is 14.8 Å². The first-order valence-electron chi connectivity index (χ1n) is 6.90. The van der Waals surface area contributed by atoms with Gasteiger partial charge in [-0.05, 0) is 36.8 Å². The number of alkyl halides is 3. The summed E-state index contributed by atoms with van der Waals surface area (Å²) in [4.78, 5) is 16.1. The minimum atomic E-state index is -4.52. The fourth-order valence-electron chi connectivity index (χ4n) is 1.94. The topological polar surface area (TPSA) is 60.5 Å². The van der Waals surface area contributed by atoms with Crippen molar-refractivity contribution in [2.45, 2.75) is 13.1 Å². The van der Waals surface area contributed by atoms with E-state index in [9.17, 15) is 18.0 Å². The number of benzene rings is 1. The Morgan fingerprint density at radius 2 is 2.04 bits per heavy atom. The number of methoxy groups -OCH3 is 1. The van der Waals surface area contributed by atoms with Gasteiger partial charge < -0.3 is 14.8 Å². The Bertz CT molecular complexity index is 733. The number of ether oxygens (including phenoxy) is 2. The first-order valence-corrected chi connectivity index (χ1v) is 6.90. The quantitative estimate of drug-likeness (QED) is 0.904. The Kier molecular flexibility index (Phi) is 5.28. The molecule has 8 heteroatoms. The zero-order chi connectivity index (χ0) is 17.7. The lowest BCUT2D eigenvalue weighted by Crippen LogP contribution is -2.22. The summed E-state index contributed by atoms with van der Waals surface area (Å²) in [5, 5.41) is 2.59. The van der Waals surface area contributed by atoms with Crippen LogP contribution in [0.4, 0.5) is 18.9 Å². The van der Waals surface area contributed by atoms with Crippen molar-refractivity contribution in [3.05, 3.63) is 47.7 Å². The second-order valence-corrected chi connectivity index (χ2v) is 4.92. The van der Waals surface area contributed by atoms with E-state index in [-0.39, 0.29) is 11.4 Å². The molecule has 0 bridgehead atoms. The molecule has 1 aromatic carbocycles. The molecule has 0 aliphatic carbocycles. The van der Waals surface area contributed by atoms with Crippen LogP contribution in [0.2, 0.25) is 0 Å². The molecule has 0 spiro atoms. The molecule has 0 atom stereocenters. The summed E-state index contributed by atoms with van der Waals surface area (Å²) < 4.78 is 46.6. The van der Waals surface area contributed by atoms with E-state index in [1.54, 1.807) is 18.2 Å². The zero-order valence-corrected chi connectivity index (χ0v) is 13.0. The summed E-state index contributed by atoms with van der Waals surface area (Å²) in [6.45, 7) is 0.301. The number of carbonyl (C=O) groups is 1. The molecule has 1 aromatic heterocycles. The van der Waals surface area contributed by atoms with Gasteiger partial charge in [0.05, 0.1) is 12.8 Å². The van der Waals surface area contributed by atoms with E-state index in [4.69, 9.17) is 4.74 Å². The van der Waals surface area contributed by atoms with Gasteiger partial charge in [-0.3, -0.25) is 4.79 Å². The SMILES string of the molecule is COc1ccc(C)cc1NC(=O)c1cccnc1OCC(F)(F)F. The smallest absolute Gasteiger partial charge is 0.422 e. The molecule has 0 unspecified atom stereocenters. The Balaban J connectivity index is 2.23. The van der Waals surface area contributed by atoms with Gasteiger partial charge in [0.25, 0.3) is 5.91 Å². The maximum Gasteiger partial charge on any atom is 0.422 e. The first kappa shape index (κ1) is 17.6. The fourth-order valence-corrected chi connectivity index (χ4v) is 1.94. The number of aryl methyl sites for hydroxylation is 1. The maximum atomic E-state index is 12.4. The molecular weight excluding hydrogens is 325 g/mol. The third kappa shape index (κ3) is 4.61. The molecule has 1 amide bonds. The van der Waals surface area contributed by atoms with E-state index in [0.717, 1.165) is 5.56 Å². The normalized spacial score (nSPS) is 11.0. The van der Waals surface area contributed by atoms with Crippen molar-refractivity contribution in [2.75, 3.05) is 19.0 Å². The van der Waals surface area contributed by atoms with Crippen LogP contribution in [0.15, 0.2) is 36.5 Å². The molecule has 1 heterocycles. The lowest BCUT2D eigenvalue weighted by atomic mass is 10.2. The number of amides is 1. The predicted octanol–water partition coefficient (Wildman–Crippen LogP) is 3.59. The molecule has 0 radical (unpaired) electrons. The Morgan fingerprint density at radius 1 is 1.29 bits per heavy atom. The van der Waals surface area contributed by atoms with Crippen molar-refractivity contribution in [1.82, 2.24) is 4.98 Å². The van der Waals surface area contributed by atoms with Crippen LogP contribution in [0.1, 0.15) is 15.9 Å². The highest BCUT2D eigenvalue weighted by atomic mass is 19.4. The molecule has 2 aromatic rings. The third-order valence-corrected chi connectivity index (χ3v) is 2.99. The summed E-state index contributed by atoms with van der Waals surface area (Å²) in [6.07, 6.45) is -3.28. The highest BCUT2D eigenvalue weighted by Gasteiger charge is 2.29. The minimum Gasteiger partial charge on any atom is -0.495 e. The third-order valence-electron chi connectivity index (χ3n) is 2.99. The van der Waals surface area contributed by atoms with Gasteiger partial charge in [0.2, 0.25) is 5.88 Å². The van der Waals surface area contributed by atoms with Crippen molar-refractivity contribution in [3.63, 3.8) is 0 Å². The number of carbonyl (C=O) groups excluding carboxylic acids is 1. The predicted molar refractivity (Wildman–Crippen MR) is 81.5 cm³/mol. The van der Waals surface area contributed by atoms with Crippen molar-refractivity contribution >= 4 is 11.6 Å². The van der Waals surface area contributed by atoms with Crippen molar-refractivity contribution in [2.24, 2.45) is 0 Å². The number of rotatable bonds is 5. The average Bonchev–Trinajstić information content (AvgIpc) is 2.52. The molecule has 0 saturated heterocycles. The van der Waals surface area contributed by atoms with Gasteiger partial charge in [-0.15, -0.1) is 0 Å². The van der Waals surface area contributed by atoms with E-state index in [0.29, 0.717) is 11.4 Å². The lowest BCUT2D eigenvalue weighted by Gasteiger charge is -2.13. The van der Waals surface area contributed by atoms with Gasteiger partial charge in [-0.2, -0.15) is 13.2 Å². The number of aromatic nitrogens is 1. The number of pyridine rings is 1. The van der Waals surface area contributed by atoms with Crippen LogP contribution in [0.5, 0.6) is 11.6 Å². The van der Waals surface area contributed by atoms with Gasteiger partial charge in [0, 0.05) is 6.20 Å². The summed E-state index contributed by atoms with van der Waals surface area (Å²) in [5.74, 6) is -0.612. The molecule has 128 valence electrons. The van der Waals surface area contributed by atoms with Crippen molar-refractivity contribution in [3.8, 4) is 11.6 Å². The second kappa shape index (κ2) is 7.20. The summed E-state index contributed by atoms with van der Waals surface area (Å²) in [7, 11) is 1.45. The summed E-state index contributed by atoms with van der Waals surface area (Å²) in [5.41, 5.74) is 1.17. The number of anilines is 1. The Morgan fingerprint density at radius 3 is 2.71 bits per heavy atom. The van der Waals surface area contributed by atoms with Crippen LogP contribution in [-0.4, -0.2) is 30.8 Å². The monoisotopic (exact) mass is 340 g/mol. The standard InChI is InChI=1S/C16H15F3N2O3/c1-10-5-6-13(23-2)12(8-10)21-14(22)11-4-3-7-20-15(11)24-9-16(17,18)19/h3-8H,9H2,1-2H3,(H,21,22). The minimum absolute atomic E-state index is 0.106. The van der Waals surface area contributed by atoms with E-state index in [1.165, 1.54) is 25.4 Å². The van der Waals surface area contributed by atoms with E-state index in [2.05, 4.69) is 15.0 Å². The van der Waals surface area contributed by atoms with Crippen molar-refractivity contribution in [1.29, 1.82) is 0 Å². The number of nitrogens with zero attached hydrogens (tertiary/aromatic N) is 1. The molecule has 0 aliphatic rings. The number of nitrogens with one attached hydrogen (secondary N) is 1. The molecule has 0 aliphatic heterocycles. The average molecular weight is 340 g/mol. The van der Waals surface area contributed by atoms with Crippen LogP contribution >= 0.6 is 0 Å². The van der Waals surface area contributed by atoms with Gasteiger partial charge in [0.1, 0.15) is 11.3 Å². The van der Waals surface area contributed by atoms with E-state index >= 15 is 0 Å². The Labute approximate surface area is 136 Å². The number of hydrogen-bond donors (Lipinski definition) is 1. The molecular formula is C16H15F3N2O3. The van der Waals surface area contributed by atoms with E-state index in [1.807, 2.05) is 6.92 Å². The highest BCUT2D eigenvalue weighted by Crippen LogP contribution is 2.27. The van der Waals surface area contributed by atoms with Crippen LogP contribution in [0.3, 0.4) is 0 Å². The highest BCUT2D eigenvalue weighted by molar-refractivity contribution is 6.06. The molecule has 0 saturated carbocycles. The lowest BCUT2D eigenvalue weighted by molar-refractivity contribution is -0.154. The van der Waals surface area contributed by atoms with Crippen molar-refractivity contribution < 1.29 is 27.4 Å². The number of hydrogen-bond acceptors (Lipinski definition) is 4. The van der Waals surface area contributed by atoms with Crippen LogP contribution in [0, 0.1) is 6.92 Å². The Hall–Kier alpha value is -2.77. The first-order chi connectivity index (χ1) is 11.3. The molecule has 1 N–H and O–H groups in total. The van der Waals surface area contributed by atoms with Gasteiger partial charge in [-0.25, -0.2) is 4.98 Å². The molecule has 24 heavy (non-hydrogen) atoms. The summed E-state index contributed by atoms with van der Waals surface area (Å²) in [6, 6.07) is 7.92. The fraction of sp³-hybridized carbons (Fsp3) is 0.250. The van der Waals surface area contributed by atoms with E-state index < -0.39 is 18.7 Å². The maximum absolute atomic E-state index is 12.4. The largest absolute Gasteiger partial charge is 0.495 e. The van der Waals surface area contributed by atoms with Crippen LogP contribution in [0.25, 0.3) is 0 Å².